The van der Waals surface area contributed by atoms with Gasteiger partial charge in [-0.1, -0.05) is 6.07 Å². The van der Waals surface area contributed by atoms with Crippen molar-refractivity contribution in [3.05, 3.63) is 59.0 Å². The minimum atomic E-state index is -0.601. The van der Waals surface area contributed by atoms with Crippen LogP contribution in [0.1, 0.15) is 9.67 Å². The SMILES string of the molecule is Nc1ccc(NC(=O)c2cc3ccc(F)cc3s2)c(F)c1. The van der Waals surface area contributed by atoms with E-state index in [1.54, 1.807) is 12.1 Å². The summed E-state index contributed by atoms with van der Waals surface area (Å²) in [5.74, 6) is -1.41. The fourth-order valence-electron chi connectivity index (χ4n) is 1.93. The third-order valence-corrected chi connectivity index (χ3v) is 4.04. The van der Waals surface area contributed by atoms with E-state index in [-0.39, 0.29) is 17.2 Å². The highest BCUT2D eigenvalue weighted by molar-refractivity contribution is 7.20. The van der Waals surface area contributed by atoms with Crippen LogP contribution < -0.4 is 11.1 Å². The molecule has 3 nitrogen and oxygen atoms in total. The maximum atomic E-state index is 13.6. The van der Waals surface area contributed by atoms with Crippen molar-refractivity contribution in [3.8, 4) is 0 Å². The number of nitrogens with two attached hydrogens (primary N) is 1. The minimum Gasteiger partial charge on any atom is -0.399 e. The number of fused-ring (bicyclic) bond motifs is 1. The van der Waals surface area contributed by atoms with Crippen molar-refractivity contribution in [1.82, 2.24) is 0 Å². The molecule has 0 atom stereocenters. The van der Waals surface area contributed by atoms with Crippen LogP contribution in [0.15, 0.2) is 42.5 Å². The van der Waals surface area contributed by atoms with Crippen molar-refractivity contribution in [2.24, 2.45) is 0 Å². The zero-order valence-corrected chi connectivity index (χ0v) is 11.5. The molecule has 0 spiro atoms. The van der Waals surface area contributed by atoms with Crippen molar-refractivity contribution in [2.45, 2.75) is 0 Å². The highest BCUT2D eigenvalue weighted by Gasteiger charge is 2.13. The summed E-state index contributed by atoms with van der Waals surface area (Å²) in [6.07, 6.45) is 0. The van der Waals surface area contributed by atoms with Gasteiger partial charge in [0.05, 0.1) is 10.6 Å². The normalized spacial score (nSPS) is 10.8. The van der Waals surface area contributed by atoms with Gasteiger partial charge in [0.25, 0.3) is 5.91 Å². The summed E-state index contributed by atoms with van der Waals surface area (Å²) in [4.78, 5) is 12.5. The van der Waals surface area contributed by atoms with E-state index in [2.05, 4.69) is 5.32 Å². The van der Waals surface area contributed by atoms with E-state index in [4.69, 9.17) is 5.73 Å². The molecule has 0 aliphatic carbocycles. The molecule has 0 unspecified atom stereocenters. The molecule has 0 saturated heterocycles. The van der Waals surface area contributed by atoms with Crippen molar-refractivity contribution in [1.29, 1.82) is 0 Å². The largest absolute Gasteiger partial charge is 0.399 e. The van der Waals surface area contributed by atoms with Crippen LogP contribution in [0.25, 0.3) is 10.1 Å². The molecule has 1 aromatic heterocycles. The number of anilines is 2. The van der Waals surface area contributed by atoms with E-state index in [9.17, 15) is 13.6 Å². The molecule has 0 aliphatic heterocycles. The average molecular weight is 304 g/mol. The van der Waals surface area contributed by atoms with Crippen LogP contribution >= 0.6 is 11.3 Å². The van der Waals surface area contributed by atoms with Crippen LogP contribution in [0.5, 0.6) is 0 Å². The highest BCUT2D eigenvalue weighted by Crippen LogP contribution is 2.27. The Labute approximate surface area is 123 Å². The zero-order chi connectivity index (χ0) is 15.0. The molecule has 0 fully saturated rings. The number of carbonyl (C=O) groups is 1. The smallest absolute Gasteiger partial charge is 0.265 e. The van der Waals surface area contributed by atoms with Gasteiger partial charge < -0.3 is 11.1 Å². The molecule has 3 N–H and O–H groups in total. The lowest BCUT2D eigenvalue weighted by molar-refractivity contribution is 0.103. The summed E-state index contributed by atoms with van der Waals surface area (Å²) >= 11 is 1.15. The first-order valence-corrected chi connectivity index (χ1v) is 6.90. The number of nitrogen functional groups attached to an aromatic ring is 1. The highest BCUT2D eigenvalue weighted by atomic mass is 32.1. The Balaban J connectivity index is 1.89. The number of rotatable bonds is 2. The van der Waals surface area contributed by atoms with Crippen LogP contribution in [0.3, 0.4) is 0 Å². The first-order valence-electron chi connectivity index (χ1n) is 6.08. The van der Waals surface area contributed by atoms with Crippen molar-refractivity contribution in [2.75, 3.05) is 11.1 Å². The topological polar surface area (TPSA) is 55.1 Å². The van der Waals surface area contributed by atoms with Gasteiger partial charge in [0.15, 0.2) is 0 Å². The van der Waals surface area contributed by atoms with Gasteiger partial charge in [0, 0.05) is 10.4 Å². The summed E-state index contributed by atoms with van der Waals surface area (Å²) in [6, 6.07) is 9.97. The van der Waals surface area contributed by atoms with Gasteiger partial charge in [-0.05, 0) is 41.8 Å². The predicted molar refractivity (Wildman–Crippen MR) is 80.5 cm³/mol. The molecule has 6 heteroatoms. The number of carbonyl (C=O) groups excluding carboxylic acids is 1. The lowest BCUT2D eigenvalue weighted by Crippen LogP contribution is -2.11. The Kier molecular flexibility index (Phi) is 3.31. The molecule has 3 aromatic rings. The fourth-order valence-corrected chi connectivity index (χ4v) is 2.92. The minimum absolute atomic E-state index is 0.0536. The maximum absolute atomic E-state index is 13.6. The Morgan fingerprint density at radius 3 is 2.67 bits per heavy atom. The summed E-state index contributed by atoms with van der Waals surface area (Å²) < 4.78 is 27.4. The van der Waals surface area contributed by atoms with Gasteiger partial charge in [-0.25, -0.2) is 8.78 Å². The molecular weight excluding hydrogens is 294 g/mol. The molecule has 2 aromatic carbocycles. The number of thiophene rings is 1. The number of amides is 1. The second-order valence-electron chi connectivity index (χ2n) is 4.49. The second-order valence-corrected chi connectivity index (χ2v) is 5.57. The number of halogens is 2. The number of nitrogens with one attached hydrogen (secondary N) is 1. The van der Waals surface area contributed by atoms with E-state index in [1.165, 1.54) is 24.3 Å². The van der Waals surface area contributed by atoms with Gasteiger partial charge in [-0.3, -0.25) is 4.79 Å². The van der Waals surface area contributed by atoms with Crippen molar-refractivity contribution in [3.63, 3.8) is 0 Å². The number of benzene rings is 2. The maximum Gasteiger partial charge on any atom is 0.265 e. The van der Waals surface area contributed by atoms with Crippen LogP contribution in [-0.4, -0.2) is 5.91 Å². The molecule has 21 heavy (non-hydrogen) atoms. The average Bonchev–Trinajstić information content (AvgIpc) is 2.85. The molecule has 1 amide bonds. The molecule has 0 aliphatic rings. The van der Waals surface area contributed by atoms with Gasteiger partial charge in [-0.15, -0.1) is 11.3 Å². The van der Waals surface area contributed by atoms with Gasteiger partial charge >= 0.3 is 0 Å². The van der Waals surface area contributed by atoms with E-state index in [0.29, 0.717) is 9.58 Å². The Hall–Kier alpha value is -2.47. The molecule has 106 valence electrons. The molecule has 0 radical (unpaired) electrons. The predicted octanol–water partition coefficient (Wildman–Crippen LogP) is 4.01. The lowest BCUT2D eigenvalue weighted by atomic mass is 10.2. The van der Waals surface area contributed by atoms with Crippen molar-refractivity contribution < 1.29 is 13.6 Å². The Morgan fingerprint density at radius 2 is 1.90 bits per heavy atom. The van der Waals surface area contributed by atoms with Gasteiger partial charge in [0.1, 0.15) is 11.6 Å². The lowest BCUT2D eigenvalue weighted by Gasteiger charge is -2.05. The fraction of sp³-hybridized carbons (Fsp3) is 0. The standard InChI is InChI=1S/C15H10F2N2OS/c16-9-2-1-8-5-14(21-13(8)6-9)15(20)19-12-4-3-10(18)7-11(12)17/h1-7H,18H2,(H,19,20). The quantitative estimate of drug-likeness (QED) is 0.703. The third kappa shape index (κ3) is 2.71. The zero-order valence-electron chi connectivity index (χ0n) is 10.7. The van der Waals surface area contributed by atoms with Crippen LogP contribution in [0.4, 0.5) is 20.2 Å². The van der Waals surface area contributed by atoms with Crippen molar-refractivity contribution >= 4 is 38.7 Å². The Morgan fingerprint density at radius 1 is 1.10 bits per heavy atom. The van der Waals surface area contributed by atoms with Crippen LogP contribution in [0.2, 0.25) is 0 Å². The van der Waals surface area contributed by atoms with E-state index in [1.807, 2.05) is 0 Å². The second kappa shape index (κ2) is 5.14. The molecule has 3 rings (SSSR count). The molecule has 0 bridgehead atoms. The summed E-state index contributed by atoms with van der Waals surface area (Å²) in [5, 5.41) is 3.24. The number of hydrogen-bond donors (Lipinski definition) is 2. The molecular formula is C15H10F2N2OS. The van der Waals surface area contributed by atoms with E-state index in [0.717, 1.165) is 22.8 Å². The summed E-state index contributed by atoms with van der Waals surface area (Å²) in [6.45, 7) is 0. The number of hydrogen-bond acceptors (Lipinski definition) is 3. The van der Waals surface area contributed by atoms with Crippen LogP contribution in [0, 0.1) is 11.6 Å². The van der Waals surface area contributed by atoms with E-state index >= 15 is 0 Å². The third-order valence-electron chi connectivity index (χ3n) is 2.95. The molecule has 1 heterocycles. The first kappa shape index (κ1) is 13.5. The monoisotopic (exact) mass is 304 g/mol. The molecule has 0 saturated carbocycles. The van der Waals surface area contributed by atoms with Gasteiger partial charge in [-0.2, -0.15) is 0 Å². The van der Waals surface area contributed by atoms with E-state index < -0.39 is 11.7 Å². The summed E-state index contributed by atoms with van der Waals surface area (Å²) in [7, 11) is 0. The first-order chi connectivity index (χ1) is 10.0. The van der Waals surface area contributed by atoms with Gasteiger partial charge in [0.2, 0.25) is 0 Å². The Bertz CT molecular complexity index is 845. The van der Waals surface area contributed by atoms with Crippen LogP contribution in [-0.2, 0) is 0 Å². The summed E-state index contributed by atoms with van der Waals surface area (Å²) in [5.41, 5.74) is 5.78.